The van der Waals surface area contributed by atoms with E-state index >= 15 is 0 Å². The van der Waals surface area contributed by atoms with Crippen molar-refractivity contribution in [3.63, 3.8) is 0 Å². The van der Waals surface area contributed by atoms with Crippen LogP contribution in [-0.4, -0.2) is 43.6 Å². The normalized spacial score (nSPS) is 14.9. The lowest BCUT2D eigenvalue weighted by atomic mass is 10.1. The number of carbonyl (C=O) groups is 3. The highest BCUT2D eigenvalue weighted by Crippen LogP contribution is 2.12. The Balaban J connectivity index is 1.78. The number of carbonyl (C=O) groups excluding carboxylic acids is 3. The second-order valence-corrected chi connectivity index (χ2v) is 8.57. The Hall–Kier alpha value is -2.26. The number of imide groups is 1. The number of nitrogens with zero attached hydrogens (tertiary/aromatic N) is 1. The third kappa shape index (κ3) is 6.76. The zero-order valence-electron chi connectivity index (χ0n) is 15.5. The molecule has 8 nitrogen and oxygen atoms in total. The fraction of sp³-hybridized carbons (Fsp3) is 0.500. The van der Waals surface area contributed by atoms with Crippen LogP contribution in [0, 0.1) is 0 Å². The van der Waals surface area contributed by atoms with Gasteiger partial charge in [-0.25, -0.2) is 13.1 Å². The van der Waals surface area contributed by atoms with Crippen LogP contribution in [0.4, 0.5) is 0 Å². The molecule has 1 aliphatic rings. The average molecular weight is 395 g/mol. The van der Waals surface area contributed by atoms with E-state index in [4.69, 9.17) is 0 Å². The van der Waals surface area contributed by atoms with Crippen molar-refractivity contribution in [3.8, 4) is 0 Å². The molecule has 0 bridgehead atoms. The predicted molar refractivity (Wildman–Crippen MR) is 99.8 cm³/mol. The number of hydrogen-bond donors (Lipinski definition) is 2. The molecule has 1 saturated heterocycles. The third-order valence-electron chi connectivity index (χ3n) is 4.00. The van der Waals surface area contributed by atoms with Crippen molar-refractivity contribution in [1.29, 1.82) is 0 Å². The molecule has 0 atom stereocenters. The fourth-order valence-electron chi connectivity index (χ4n) is 2.75. The lowest BCUT2D eigenvalue weighted by molar-refractivity contribution is -0.138. The molecule has 0 radical (unpaired) electrons. The van der Waals surface area contributed by atoms with Crippen LogP contribution in [-0.2, 0) is 36.7 Å². The van der Waals surface area contributed by atoms with Gasteiger partial charge in [0.25, 0.3) is 0 Å². The molecule has 9 heteroatoms. The summed E-state index contributed by atoms with van der Waals surface area (Å²) in [5.74, 6) is -0.818. The van der Waals surface area contributed by atoms with E-state index in [1.165, 1.54) is 0 Å². The van der Waals surface area contributed by atoms with Crippen molar-refractivity contribution < 1.29 is 22.8 Å². The minimum atomic E-state index is -3.38. The first-order valence-electron chi connectivity index (χ1n) is 8.84. The Morgan fingerprint density at radius 3 is 2.19 bits per heavy atom. The van der Waals surface area contributed by atoms with Crippen LogP contribution in [0.1, 0.15) is 44.2 Å². The van der Waals surface area contributed by atoms with Crippen molar-refractivity contribution >= 4 is 27.7 Å². The van der Waals surface area contributed by atoms with Crippen LogP contribution in [0.15, 0.2) is 24.3 Å². The molecular formula is C18H25N3O5S. The molecule has 1 aromatic carbocycles. The van der Waals surface area contributed by atoms with E-state index in [0.29, 0.717) is 5.56 Å². The Morgan fingerprint density at radius 1 is 1.07 bits per heavy atom. The summed E-state index contributed by atoms with van der Waals surface area (Å²) in [6.07, 6.45) is 0.499. The summed E-state index contributed by atoms with van der Waals surface area (Å²) in [5, 5.41) is 2.73. The van der Waals surface area contributed by atoms with Crippen molar-refractivity contribution in [2.75, 3.05) is 6.54 Å². The van der Waals surface area contributed by atoms with Crippen molar-refractivity contribution in [1.82, 2.24) is 14.9 Å². The van der Waals surface area contributed by atoms with Crippen LogP contribution in [0.2, 0.25) is 0 Å². The molecule has 0 saturated carbocycles. The molecule has 1 aliphatic heterocycles. The molecule has 0 aromatic heterocycles. The first kappa shape index (κ1) is 21.0. The standard InChI is InChI=1S/C18H25N3O5S/c1-13(2)20-27(25,26)12-15-5-3-14(4-6-15)11-19-16(22)9-10-21-17(23)7-8-18(21)24/h3-6,13,20H,7-12H2,1-2H3,(H,19,22). The maximum absolute atomic E-state index is 11.9. The summed E-state index contributed by atoms with van der Waals surface area (Å²) >= 11 is 0. The van der Waals surface area contributed by atoms with Crippen LogP contribution in [0.5, 0.6) is 0 Å². The smallest absolute Gasteiger partial charge is 0.229 e. The van der Waals surface area contributed by atoms with Gasteiger partial charge in [-0.2, -0.15) is 0 Å². The molecule has 1 aromatic rings. The number of nitrogens with one attached hydrogen (secondary N) is 2. The van der Waals surface area contributed by atoms with Gasteiger partial charge in [0.2, 0.25) is 27.7 Å². The van der Waals surface area contributed by atoms with Crippen LogP contribution in [0.3, 0.4) is 0 Å². The molecule has 1 fully saturated rings. The van der Waals surface area contributed by atoms with Crippen LogP contribution in [0.25, 0.3) is 0 Å². The quantitative estimate of drug-likeness (QED) is 0.597. The van der Waals surface area contributed by atoms with Gasteiger partial charge < -0.3 is 5.32 Å². The largest absolute Gasteiger partial charge is 0.352 e. The Kier molecular flexibility index (Phi) is 7.09. The van der Waals surface area contributed by atoms with E-state index in [1.807, 2.05) is 0 Å². The van der Waals surface area contributed by atoms with Gasteiger partial charge in [-0.3, -0.25) is 19.3 Å². The maximum atomic E-state index is 11.9. The van der Waals surface area contributed by atoms with Crippen LogP contribution >= 0.6 is 0 Å². The van der Waals surface area contributed by atoms with Crippen molar-refractivity contribution in [2.24, 2.45) is 0 Å². The Bertz CT molecular complexity index is 787. The van der Waals surface area contributed by atoms with Gasteiger partial charge in [0, 0.05) is 38.4 Å². The first-order valence-corrected chi connectivity index (χ1v) is 10.5. The molecular weight excluding hydrogens is 370 g/mol. The van der Waals surface area contributed by atoms with E-state index in [-0.39, 0.29) is 61.9 Å². The van der Waals surface area contributed by atoms with Gasteiger partial charge in [0.1, 0.15) is 0 Å². The SMILES string of the molecule is CC(C)NS(=O)(=O)Cc1ccc(CNC(=O)CCN2C(=O)CCC2=O)cc1. The lowest BCUT2D eigenvalue weighted by Gasteiger charge is -2.13. The molecule has 1 heterocycles. The highest BCUT2D eigenvalue weighted by molar-refractivity contribution is 7.88. The summed E-state index contributed by atoms with van der Waals surface area (Å²) in [5.41, 5.74) is 1.49. The summed E-state index contributed by atoms with van der Waals surface area (Å²) < 4.78 is 26.4. The number of benzene rings is 1. The number of rotatable bonds is 9. The van der Waals surface area contributed by atoms with Gasteiger partial charge in [-0.05, 0) is 25.0 Å². The van der Waals surface area contributed by atoms with Gasteiger partial charge in [-0.15, -0.1) is 0 Å². The second-order valence-electron chi connectivity index (χ2n) is 6.81. The highest BCUT2D eigenvalue weighted by atomic mass is 32.2. The van der Waals surface area contributed by atoms with Crippen molar-refractivity contribution in [3.05, 3.63) is 35.4 Å². The Labute approximate surface area is 159 Å². The molecule has 2 rings (SSSR count). The van der Waals surface area contributed by atoms with E-state index in [0.717, 1.165) is 10.5 Å². The number of sulfonamides is 1. The third-order valence-corrected chi connectivity index (χ3v) is 5.55. The van der Waals surface area contributed by atoms with E-state index in [9.17, 15) is 22.8 Å². The van der Waals surface area contributed by atoms with E-state index in [2.05, 4.69) is 10.0 Å². The predicted octanol–water partition coefficient (Wildman–Crippen LogP) is 0.670. The van der Waals surface area contributed by atoms with E-state index < -0.39 is 10.0 Å². The minimum absolute atomic E-state index is 0.0642. The molecule has 0 aliphatic carbocycles. The molecule has 0 unspecified atom stereocenters. The molecule has 148 valence electrons. The number of hydrogen-bond acceptors (Lipinski definition) is 5. The second kappa shape index (κ2) is 9.09. The monoisotopic (exact) mass is 395 g/mol. The van der Waals surface area contributed by atoms with E-state index in [1.54, 1.807) is 38.1 Å². The Morgan fingerprint density at radius 2 is 1.63 bits per heavy atom. The summed E-state index contributed by atoms with van der Waals surface area (Å²) in [6, 6.07) is 6.78. The average Bonchev–Trinajstić information content (AvgIpc) is 2.89. The summed E-state index contributed by atoms with van der Waals surface area (Å²) in [4.78, 5) is 36.0. The summed E-state index contributed by atoms with van der Waals surface area (Å²) in [7, 11) is -3.38. The van der Waals surface area contributed by atoms with Gasteiger partial charge >= 0.3 is 0 Å². The van der Waals surface area contributed by atoms with Crippen LogP contribution < -0.4 is 10.0 Å². The number of likely N-dealkylation sites (tertiary alicyclic amines) is 1. The highest BCUT2D eigenvalue weighted by Gasteiger charge is 2.28. The first-order chi connectivity index (χ1) is 12.7. The van der Waals surface area contributed by atoms with Gasteiger partial charge in [0.15, 0.2) is 0 Å². The molecule has 27 heavy (non-hydrogen) atoms. The minimum Gasteiger partial charge on any atom is -0.352 e. The van der Waals surface area contributed by atoms with Gasteiger partial charge in [-0.1, -0.05) is 24.3 Å². The summed E-state index contributed by atoms with van der Waals surface area (Å²) in [6.45, 7) is 3.92. The topological polar surface area (TPSA) is 113 Å². The van der Waals surface area contributed by atoms with Crippen molar-refractivity contribution in [2.45, 2.75) is 51.4 Å². The number of amides is 3. The molecule has 2 N–H and O–H groups in total. The maximum Gasteiger partial charge on any atom is 0.229 e. The lowest BCUT2D eigenvalue weighted by Crippen LogP contribution is -2.34. The molecule has 3 amide bonds. The fourth-order valence-corrected chi connectivity index (χ4v) is 4.18. The zero-order chi connectivity index (χ0) is 20.0. The van der Waals surface area contributed by atoms with Gasteiger partial charge in [0.05, 0.1) is 5.75 Å². The zero-order valence-corrected chi connectivity index (χ0v) is 16.3. The molecule has 0 spiro atoms.